The molecule has 1 atom stereocenters. The predicted octanol–water partition coefficient (Wildman–Crippen LogP) is 3.00. The van der Waals surface area contributed by atoms with Crippen LogP contribution in [-0.4, -0.2) is 22.0 Å². The second kappa shape index (κ2) is 7.71. The largest absolute Gasteiger partial charge is 0.462 e. The van der Waals surface area contributed by atoms with Crippen LogP contribution in [0.25, 0.3) is 10.8 Å². The maximum atomic E-state index is 12.3. The average Bonchev–Trinajstić information content (AvgIpc) is 3.26. The fraction of sp³-hybridized carbons (Fsp3) is 0.176. The molecule has 0 saturated heterocycles. The molecule has 0 aliphatic rings. The standard InChI is InChI=1S/C17H16N4O3S/c1-11(22)18-13(12-6-3-2-4-7-12)10-15(23)19-17-21-20-16(25-17)14-8-5-9-24-14/h2-9,13H,10H2,1H3,(H,18,22)(H,19,21,23). The molecule has 0 aliphatic carbocycles. The van der Waals surface area contributed by atoms with Crippen LogP contribution in [0, 0.1) is 0 Å². The van der Waals surface area contributed by atoms with Crippen LogP contribution in [0.15, 0.2) is 53.1 Å². The Labute approximate surface area is 148 Å². The van der Waals surface area contributed by atoms with E-state index in [0.29, 0.717) is 15.9 Å². The van der Waals surface area contributed by atoms with Gasteiger partial charge in [0.25, 0.3) is 0 Å². The predicted molar refractivity (Wildman–Crippen MR) is 93.9 cm³/mol. The molecule has 2 amide bonds. The molecular formula is C17H16N4O3S. The van der Waals surface area contributed by atoms with Crippen LogP contribution < -0.4 is 10.6 Å². The van der Waals surface area contributed by atoms with Crippen LogP contribution in [-0.2, 0) is 9.59 Å². The van der Waals surface area contributed by atoms with Gasteiger partial charge in [-0.3, -0.25) is 9.59 Å². The Hall–Kier alpha value is -3.00. The molecule has 0 radical (unpaired) electrons. The summed E-state index contributed by atoms with van der Waals surface area (Å²) in [7, 11) is 0. The summed E-state index contributed by atoms with van der Waals surface area (Å²) in [6.07, 6.45) is 1.64. The van der Waals surface area contributed by atoms with Gasteiger partial charge >= 0.3 is 0 Å². The first-order valence-corrected chi connectivity index (χ1v) is 8.43. The van der Waals surface area contributed by atoms with E-state index in [9.17, 15) is 9.59 Å². The van der Waals surface area contributed by atoms with E-state index in [2.05, 4.69) is 20.8 Å². The van der Waals surface area contributed by atoms with Crippen molar-refractivity contribution in [2.45, 2.75) is 19.4 Å². The maximum Gasteiger partial charge on any atom is 0.228 e. The number of anilines is 1. The highest BCUT2D eigenvalue weighted by Crippen LogP contribution is 2.27. The molecule has 2 aromatic heterocycles. The lowest BCUT2D eigenvalue weighted by Gasteiger charge is -2.17. The first kappa shape index (κ1) is 16.8. The van der Waals surface area contributed by atoms with E-state index in [1.54, 1.807) is 18.4 Å². The summed E-state index contributed by atoms with van der Waals surface area (Å²) < 4.78 is 5.25. The molecule has 1 aromatic carbocycles. The summed E-state index contributed by atoms with van der Waals surface area (Å²) >= 11 is 1.22. The second-order valence-corrected chi connectivity index (χ2v) is 6.28. The molecule has 1 unspecified atom stereocenters. The fourth-order valence-corrected chi connectivity index (χ4v) is 3.04. The van der Waals surface area contributed by atoms with Crippen molar-refractivity contribution in [2.75, 3.05) is 5.32 Å². The van der Waals surface area contributed by atoms with Gasteiger partial charge in [0, 0.05) is 6.92 Å². The van der Waals surface area contributed by atoms with Gasteiger partial charge in [-0.15, -0.1) is 10.2 Å². The zero-order valence-corrected chi connectivity index (χ0v) is 14.2. The average molecular weight is 356 g/mol. The van der Waals surface area contributed by atoms with Gasteiger partial charge in [-0.25, -0.2) is 0 Å². The maximum absolute atomic E-state index is 12.3. The topological polar surface area (TPSA) is 97.1 Å². The minimum atomic E-state index is -0.406. The number of nitrogens with zero attached hydrogens (tertiary/aromatic N) is 2. The highest BCUT2D eigenvalue weighted by atomic mass is 32.1. The Balaban J connectivity index is 1.66. The third-order valence-electron chi connectivity index (χ3n) is 3.37. The lowest BCUT2D eigenvalue weighted by molar-refractivity contribution is -0.120. The van der Waals surface area contributed by atoms with E-state index in [4.69, 9.17) is 4.42 Å². The van der Waals surface area contributed by atoms with E-state index in [1.165, 1.54) is 18.3 Å². The third-order valence-corrected chi connectivity index (χ3v) is 4.23. The van der Waals surface area contributed by atoms with E-state index in [1.807, 2.05) is 30.3 Å². The molecule has 2 N–H and O–H groups in total. The molecule has 0 spiro atoms. The zero-order chi connectivity index (χ0) is 17.6. The third kappa shape index (κ3) is 4.51. The van der Waals surface area contributed by atoms with Crippen LogP contribution in [0.2, 0.25) is 0 Å². The number of benzene rings is 1. The smallest absolute Gasteiger partial charge is 0.228 e. The minimum Gasteiger partial charge on any atom is -0.462 e. The number of carbonyl (C=O) groups is 2. The summed E-state index contributed by atoms with van der Waals surface area (Å²) in [4.78, 5) is 23.8. The van der Waals surface area contributed by atoms with Crippen molar-refractivity contribution in [1.82, 2.24) is 15.5 Å². The first-order chi connectivity index (χ1) is 12.1. The molecule has 0 aliphatic heterocycles. The molecule has 0 fully saturated rings. The van der Waals surface area contributed by atoms with E-state index >= 15 is 0 Å². The number of aromatic nitrogens is 2. The van der Waals surface area contributed by atoms with Crippen LogP contribution in [0.1, 0.15) is 24.9 Å². The molecular weight excluding hydrogens is 340 g/mol. The number of rotatable bonds is 6. The quantitative estimate of drug-likeness (QED) is 0.708. The molecule has 128 valence electrons. The zero-order valence-electron chi connectivity index (χ0n) is 13.4. The van der Waals surface area contributed by atoms with E-state index < -0.39 is 6.04 Å². The Bertz CT molecular complexity index is 846. The van der Waals surface area contributed by atoms with Gasteiger partial charge in [-0.1, -0.05) is 41.7 Å². The summed E-state index contributed by atoms with van der Waals surface area (Å²) in [5, 5.41) is 14.4. The van der Waals surface area contributed by atoms with Crippen molar-refractivity contribution < 1.29 is 14.0 Å². The Morgan fingerprint density at radius 3 is 2.64 bits per heavy atom. The number of amides is 2. The lowest BCUT2D eigenvalue weighted by atomic mass is 10.0. The molecule has 3 rings (SSSR count). The van der Waals surface area contributed by atoms with Crippen molar-refractivity contribution in [3.63, 3.8) is 0 Å². The van der Waals surface area contributed by atoms with E-state index in [0.717, 1.165) is 5.56 Å². The molecule has 7 nitrogen and oxygen atoms in total. The Morgan fingerprint density at radius 2 is 1.96 bits per heavy atom. The summed E-state index contributed by atoms with van der Waals surface area (Å²) in [5.41, 5.74) is 0.862. The van der Waals surface area contributed by atoms with Gasteiger partial charge in [-0.05, 0) is 17.7 Å². The van der Waals surface area contributed by atoms with Crippen molar-refractivity contribution >= 4 is 28.3 Å². The van der Waals surface area contributed by atoms with Crippen LogP contribution >= 0.6 is 11.3 Å². The van der Waals surface area contributed by atoms with Crippen LogP contribution in [0.4, 0.5) is 5.13 Å². The second-order valence-electron chi connectivity index (χ2n) is 5.31. The fourth-order valence-electron chi connectivity index (χ4n) is 2.31. The van der Waals surface area contributed by atoms with Crippen molar-refractivity contribution in [2.24, 2.45) is 0 Å². The van der Waals surface area contributed by atoms with Gasteiger partial charge in [0.05, 0.1) is 18.7 Å². The minimum absolute atomic E-state index is 0.0965. The van der Waals surface area contributed by atoms with Crippen LogP contribution in [0.5, 0.6) is 0 Å². The van der Waals surface area contributed by atoms with Crippen LogP contribution in [0.3, 0.4) is 0 Å². The number of furan rings is 1. The van der Waals surface area contributed by atoms with Crippen molar-refractivity contribution in [3.05, 3.63) is 54.3 Å². The van der Waals surface area contributed by atoms with Crippen molar-refractivity contribution in [1.29, 1.82) is 0 Å². The molecule has 2 heterocycles. The monoisotopic (exact) mass is 356 g/mol. The van der Waals surface area contributed by atoms with E-state index in [-0.39, 0.29) is 18.2 Å². The highest BCUT2D eigenvalue weighted by molar-refractivity contribution is 7.18. The molecule has 8 heteroatoms. The molecule has 0 bridgehead atoms. The van der Waals surface area contributed by atoms with Gasteiger partial charge in [0.15, 0.2) is 10.8 Å². The number of nitrogens with one attached hydrogen (secondary N) is 2. The summed E-state index contributed by atoms with van der Waals surface area (Å²) in [6.45, 7) is 1.42. The molecule has 3 aromatic rings. The number of hydrogen-bond acceptors (Lipinski definition) is 6. The summed E-state index contributed by atoms with van der Waals surface area (Å²) in [5.74, 6) is 0.140. The molecule has 25 heavy (non-hydrogen) atoms. The summed E-state index contributed by atoms with van der Waals surface area (Å²) in [6, 6.07) is 12.5. The Morgan fingerprint density at radius 1 is 1.16 bits per heavy atom. The van der Waals surface area contributed by atoms with Gasteiger partial charge in [-0.2, -0.15) is 0 Å². The Kier molecular flexibility index (Phi) is 5.20. The normalized spacial score (nSPS) is 11.7. The highest BCUT2D eigenvalue weighted by Gasteiger charge is 2.18. The van der Waals surface area contributed by atoms with Gasteiger partial charge < -0.3 is 15.1 Å². The molecule has 0 saturated carbocycles. The first-order valence-electron chi connectivity index (χ1n) is 7.61. The lowest BCUT2D eigenvalue weighted by Crippen LogP contribution is -2.29. The van der Waals surface area contributed by atoms with Gasteiger partial charge in [0.1, 0.15) is 0 Å². The number of carbonyl (C=O) groups excluding carboxylic acids is 2. The number of hydrogen-bond donors (Lipinski definition) is 2. The SMILES string of the molecule is CC(=O)NC(CC(=O)Nc1nnc(-c2ccco2)s1)c1ccccc1. The van der Waals surface area contributed by atoms with Crippen molar-refractivity contribution in [3.8, 4) is 10.8 Å². The van der Waals surface area contributed by atoms with Gasteiger partial charge in [0.2, 0.25) is 16.9 Å².